The maximum absolute atomic E-state index is 11.8. The summed E-state index contributed by atoms with van der Waals surface area (Å²) in [6, 6.07) is 7.30. The fourth-order valence-electron chi connectivity index (χ4n) is 2.69. The molecule has 2 unspecified atom stereocenters. The third kappa shape index (κ3) is 5.12. The van der Waals surface area contributed by atoms with Crippen LogP contribution in [0.1, 0.15) is 18.1 Å². The molecule has 0 aliphatic carbocycles. The van der Waals surface area contributed by atoms with Gasteiger partial charge in [-0.05, 0) is 34.0 Å². The summed E-state index contributed by atoms with van der Waals surface area (Å²) < 4.78 is 24.2. The molecule has 0 aliphatic rings. The van der Waals surface area contributed by atoms with Crippen molar-refractivity contribution in [3.05, 3.63) is 40.1 Å². The molecule has 2 atom stereocenters. The Morgan fingerprint density at radius 2 is 2.03 bits per heavy atom. The van der Waals surface area contributed by atoms with Gasteiger partial charge in [-0.25, -0.2) is 4.98 Å². The van der Waals surface area contributed by atoms with Gasteiger partial charge in [-0.15, -0.1) is 0 Å². The van der Waals surface area contributed by atoms with Crippen LogP contribution in [0, 0.1) is 0 Å². The van der Waals surface area contributed by atoms with Crippen LogP contribution in [0.5, 0.6) is 6.01 Å². The second-order valence-electron chi connectivity index (χ2n) is 6.44. The standard InChI is InChI=1S/C17H21BrN5O5P/c1-10(8-24)28-17-21-14(19)13-15(22-17)23(16(18)20-13)7-11-4-3-5-12(6-11)9-29(25,26)27-2/h3-6,10,24H,7-9H2,1-2H3,(H,25,26)(H2,19,21,22). The van der Waals surface area contributed by atoms with Gasteiger partial charge in [-0.2, -0.15) is 9.97 Å². The quantitative estimate of drug-likeness (QED) is 0.323. The summed E-state index contributed by atoms with van der Waals surface area (Å²) in [5.41, 5.74) is 8.40. The summed E-state index contributed by atoms with van der Waals surface area (Å²) in [4.78, 5) is 22.5. The molecule has 0 saturated heterocycles. The lowest BCUT2D eigenvalue weighted by Crippen LogP contribution is -2.18. The Kier molecular flexibility index (Phi) is 6.55. The van der Waals surface area contributed by atoms with Gasteiger partial charge in [0.2, 0.25) is 0 Å². The van der Waals surface area contributed by atoms with Crippen molar-refractivity contribution in [3.8, 4) is 6.01 Å². The van der Waals surface area contributed by atoms with E-state index >= 15 is 0 Å². The highest BCUT2D eigenvalue weighted by Crippen LogP contribution is 2.44. The first kappa shape index (κ1) is 21.7. The smallest absolute Gasteiger partial charge is 0.332 e. The maximum Gasteiger partial charge on any atom is 0.332 e. The molecule has 2 aromatic heterocycles. The molecule has 156 valence electrons. The van der Waals surface area contributed by atoms with E-state index in [-0.39, 0.29) is 24.6 Å². The molecule has 3 aromatic rings. The van der Waals surface area contributed by atoms with Crippen LogP contribution >= 0.6 is 23.5 Å². The van der Waals surface area contributed by atoms with Crippen molar-refractivity contribution >= 4 is 40.5 Å². The molecule has 0 amide bonds. The van der Waals surface area contributed by atoms with Gasteiger partial charge in [0.1, 0.15) is 6.10 Å². The number of halogens is 1. The largest absolute Gasteiger partial charge is 0.458 e. The van der Waals surface area contributed by atoms with Crippen molar-refractivity contribution in [1.82, 2.24) is 19.5 Å². The van der Waals surface area contributed by atoms with Gasteiger partial charge in [0.05, 0.1) is 19.3 Å². The number of hydrogen-bond donors (Lipinski definition) is 3. The van der Waals surface area contributed by atoms with Crippen molar-refractivity contribution in [2.75, 3.05) is 19.5 Å². The number of nitrogen functional groups attached to an aromatic ring is 1. The number of aliphatic hydroxyl groups is 1. The molecule has 0 radical (unpaired) electrons. The number of fused-ring (bicyclic) bond motifs is 1. The Morgan fingerprint density at radius 1 is 1.31 bits per heavy atom. The second kappa shape index (κ2) is 8.76. The van der Waals surface area contributed by atoms with E-state index in [1.165, 1.54) is 7.11 Å². The highest BCUT2D eigenvalue weighted by atomic mass is 79.9. The Balaban J connectivity index is 1.96. The lowest BCUT2D eigenvalue weighted by atomic mass is 10.1. The highest BCUT2D eigenvalue weighted by Gasteiger charge is 2.19. The lowest BCUT2D eigenvalue weighted by molar-refractivity contribution is 0.120. The first-order valence-corrected chi connectivity index (χ1v) is 11.2. The van der Waals surface area contributed by atoms with E-state index in [4.69, 9.17) is 10.5 Å². The number of aromatic nitrogens is 4. The molecule has 10 nitrogen and oxygen atoms in total. The van der Waals surface area contributed by atoms with Gasteiger partial charge in [0.25, 0.3) is 0 Å². The van der Waals surface area contributed by atoms with E-state index in [1.807, 2.05) is 12.1 Å². The summed E-state index contributed by atoms with van der Waals surface area (Å²) in [7, 11) is -2.46. The number of benzene rings is 1. The van der Waals surface area contributed by atoms with Crippen LogP contribution in [0.4, 0.5) is 5.82 Å². The second-order valence-corrected chi connectivity index (χ2v) is 9.11. The van der Waals surface area contributed by atoms with Crippen molar-refractivity contribution < 1.29 is 23.8 Å². The molecule has 0 bridgehead atoms. The number of aliphatic hydroxyl groups excluding tert-OH is 1. The molecule has 2 heterocycles. The summed E-state index contributed by atoms with van der Waals surface area (Å²) in [5.74, 6) is 0.157. The predicted octanol–water partition coefficient (Wildman–Crippen LogP) is 2.31. The molecule has 3 rings (SSSR count). The van der Waals surface area contributed by atoms with E-state index in [0.29, 0.717) is 28.0 Å². The molecular formula is C17H21BrN5O5P. The zero-order valence-corrected chi connectivity index (χ0v) is 18.3. The molecule has 29 heavy (non-hydrogen) atoms. The number of rotatable bonds is 8. The van der Waals surface area contributed by atoms with Crippen molar-refractivity contribution in [2.24, 2.45) is 0 Å². The number of imidazole rings is 1. The van der Waals surface area contributed by atoms with Crippen LogP contribution in [0.2, 0.25) is 0 Å². The molecule has 1 aromatic carbocycles. The zero-order chi connectivity index (χ0) is 21.2. The van der Waals surface area contributed by atoms with Gasteiger partial charge < -0.3 is 25.0 Å². The Hall–Kier alpha value is -2.04. The molecule has 0 fully saturated rings. The average molecular weight is 486 g/mol. The van der Waals surface area contributed by atoms with Gasteiger partial charge in [-0.3, -0.25) is 9.13 Å². The van der Waals surface area contributed by atoms with Crippen molar-refractivity contribution in [2.45, 2.75) is 25.7 Å². The van der Waals surface area contributed by atoms with E-state index in [9.17, 15) is 14.6 Å². The van der Waals surface area contributed by atoms with E-state index in [0.717, 1.165) is 5.56 Å². The number of nitrogens with zero attached hydrogens (tertiary/aromatic N) is 4. The number of hydrogen-bond acceptors (Lipinski definition) is 8. The minimum atomic E-state index is -3.67. The summed E-state index contributed by atoms with van der Waals surface area (Å²) in [6.45, 7) is 1.87. The van der Waals surface area contributed by atoms with E-state index < -0.39 is 13.7 Å². The number of anilines is 1. The summed E-state index contributed by atoms with van der Waals surface area (Å²) >= 11 is 3.41. The van der Waals surface area contributed by atoms with E-state index in [1.54, 1.807) is 23.6 Å². The lowest BCUT2D eigenvalue weighted by Gasteiger charge is -2.12. The summed E-state index contributed by atoms with van der Waals surface area (Å²) in [6.07, 6.45) is -0.576. The Morgan fingerprint density at radius 3 is 2.72 bits per heavy atom. The number of nitrogens with two attached hydrogens (primary N) is 1. The first-order valence-electron chi connectivity index (χ1n) is 8.64. The topological polar surface area (TPSA) is 146 Å². The first-order chi connectivity index (χ1) is 13.7. The Labute approximate surface area is 175 Å². The van der Waals surface area contributed by atoms with Crippen molar-refractivity contribution in [1.29, 1.82) is 0 Å². The van der Waals surface area contributed by atoms with Gasteiger partial charge >= 0.3 is 13.6 Å². The summed E-state index contributed by atoms with van der Waals surface area (Å²) in [5, 5.41) is 9.17. The molecule has 0 spiro atoms. The van der Waals surface area contributed by atoms with Crippen LogP contribution in [0.25, 0.3) is 11.2 Å². The molecule has 0 aliphatic heterocycles. The monoisotopic (exact) mass is 485 g/mol. The Bertz CT molecular complexity index is 1080. The van der Waals surface area contributed by atoms with Crippen LogP contribution in [-0.4, -0.2) is 49.3 Å². The predicted molar refractivity (Wildman–Crippen MR) is 111 cm³/mol. The average Bonchev–Trinajstić information content (AvgIpc) is 2.98. The minimum absolute atomic E-state index is 0.0419. The fraction of sp³-hybridized carbons (Fsp3) is 0.353. The van der Waals surface area contributed by atoms with Crippen LogP contribution in [0.3, 0.4) is 0 Å². The minimum Gasteiger partial charge on any atom is -0.458 e. The van der Waals surface area contributed by atoms with Crippen molar-refractivity contribution in [3.63, 3.8) is 0 Å². The SMILES string of the molecule is COP(=O)(O)Cc1cccc(Cn2c(Br)nc3c(N)nc(OC(C)CO)nc32)c1. The fourth-order valence-corrected chi connectivity index (χ4v) is 3.95. The van der Waals surface area contributed by atoms with Crippen LogP contribution in [-0.2, 0) is 21.8 Å². The van der Waals surface area contributed by atoms with Gasteiger partial charge in [0.15, 0.2) is 21.7 Å². The van der Waals surface area contributed by atoms with Gasteiger partial charge in [-0.1, -0.05) is 24.3 Å². The van der Waals surface area contributed by atoms with E-state index in [2.05, 4.69) is 35.4 Å². The molecule has 4 N–H and O–H groups in total. The molecule has 12 heteroatoms. The molecule has 0 saturated carbocycles. The van der Waals surface area contributed by atoms with Crippen LogP contribution < -0.4 is 10.5 Å². The molecular weight excluding hydrogens is 465 g/mol. The third-order valence-electron chi connectivity index (χ3n) is 4.12. The maximum atomic E-state index is 11.8. The van der Waals surface area contributed by atoms with Crippen LogP contribution in [0.15, 0.2) is 29.0 Å². The normalized spacial score (nSPS) is 14.7. The third-order valence-corrected chi connectivity index (χ3v) is 6.06. The zero-order valence-electron chi connectivity index (χ0n) is 15.8. The van der Waals surface area contributed by atoms with Gasteiger partial charge in [0, 0.05) is 7.11 Å². The number of ether oxygens (including phenoxy) is 1. The highest BCUT2D eigenvalue weighted by molar-refractivity contribution is 9.10.